The number of hydrogen-bond donors (Lipinski definition) is 3. The van der Waals surface area contributed by atoms with Crippen molar-refractivity contribution in [1.29, 1.82) is 0 Å². The fourth-order valence-electron chi connectivity index (χ4n) is 3.62. The third-order valence-corrected chi connectivity index (χ3v) is 5.17. The van der Waals surface area contributed by atoms with E-state index in [0.717, 1.165) is 47.0 Å². The summed E-state index contributed by atoms with van der Waals surface area (Å²) in [5, 5.41) is 22.4. The highest BCUT2D eigenvalue weighted by molar-refractivity contribution is 5.99. The molecule has 0 aliphatic carbocycles. The minimum atomic E-state index is -0.336. The number of urea groups is 1. The first kappa shape index (κ1) is 20.6. The average molecular weight is 415 g/mol. The number of nitrogens with zero attached hydrogens (tertiary/aromatic N) is 2. The molecule has 0 aliphatic rings. The minimum absolute atomic E-state index is 0.0738. The molecule has 6 nitrogen and oxygen atoms in total. The van der Waals surface area contributed by atoms with Crippen LogP contribution < -0.4 is 10.6 Å². The summed E-state index contributed by atoms with van der Waals surface area (Å²) >= 11 is 0. The van der Waals surface area contributed by atoms with Crippen LogP contribution in [0.5, 0.6) is 0 Å². The van der Waals surface area contributed by atoms with Crippen molar-refractivity contribution in [3.8, 4) is 5.69 Å². The number of fused-ring (bicyclic) bond motifs is 1. The van der Waals surface area contributed by atoms with E-state index in [0.29, 0.717) is 11.5 Å². The van der Waals surface area contributed by atoms with Gasteiger partial charge in [0.25, 0.3) is 0 Å². The maximum Gasteiger partial charge on any atom is 0.324 e. The summed E-state index contributed by atoms with van der Waals surface area (Å²) in [4.78, 5) is 12.6. The van der Waals surface area contributed by atoms with Crippen LogP contribution in [0.4, 0.5) is 16.3 Å². The van der Waals surface area contributed by atoms with Gasteiger partial charge in [-0.1, -0.05) is 55.8 Å². The average Bonchev–Trinajstić information content (AvgIpc) is 3.19. The predicted octanol–water partition coefficient (Wildman–Crippen LogP) is 5.50. The van der Waals surface area contributed by atoms with E-state index in [1.165, 1.54) is 0 Å². The van der Waals surface area contributed by atoms with Gasteiger partial charge >= 0.3 is 6.03 Å². The van der Waals surface area contributed by atoms with Gasteiger partial charge in [-0.2, -0.15) is 5.10 Å². The maximum atomic E-state index is 12.6. The van der Waals surface area contributed by atoms with E-state index in [-0.39, 0.29) is 12.6 Å². The zero-order chi connectivity index (χ0) is 21.6. The van der Waals surface area contributed by atoms with Crippen LogP contribution in [0.25, 0.3) is 16.5 Å². The molecule has 0 spiro atoms. The summed E-state index contributed by atoms with van der Waals surface area (Å²) in [6, 6.07) is 22.7. The second-order valence-corrected chi connectivity index (χ2v) is 7.47. The van der Waals surface area contributed by atoms with Gasteiger partial charge < -0.3 is 10.4 Å². The highest BCUT2D eigenvalue weighted by Crippen LogP contribution is 2.26. The van der Waals surface area contributed by atoms with E-state index in [4.69, 9.17) is 5.10 Å². The van der Waals surface area contributed by atoms with Crippen LogP contribution in [0.1, 0.15) is 31.0 Å². The summed E-state index contributed by atoms with van der Waals surface area (Å²) in [6.45, 7) is 2.07. The molecule has 4 rings (SSSR count). The van der Waals surface area contributed by atoms with Crippen LogP contribution in [-0.2, 0) is 13.0 Å². The zero-order valence-corrected chi connectivity index (χ0v) is 17.5. The number of anilines is 2. The first-order chi connectivity index (χ1) is 15.2. The Hall–Kier alpha value is -3.64. The number of benzene rings is 3. The summed E-state index contributed by atoms with van der Waals surface area (Å²) in [5.41, 5.74) is 3.24. The molecular weight excluding hydrogens is 388 g/mol. The number of rotatable bonds is 7. The summed E-state index contributed by atoms with van der Waals surface area (Å²) in [5.74, 6) is 0.582. The van der Waals surface area contributed by atoms with Crippen molar-refractivity contribution in [2.45, 2.75) is 32.8 Å². The van der Waals surface area contributed by atoms with Gasteiger partial charge in [0, 0.05) is 11.8 Å². The van der Waals surface area contributed by atoms with Crippen LogP contribution in [-0.4, -0.2) is 20.9 Å². The van der Waals surface area contributed by atoms with Gasteiger partial charge in [0.1, 0.15) is 5.82 Å². The number of nitrogens with one attached hydrogen (secondary N) is 2. The lowest BCUT2D eigenvalue weighted by atomic mass is 10.0. The van der Waals surface area contributed by atoms with Gasteiger partial charge in [-0.3, -0.25) is 5.32 Å². The number of aliphatic hydroxyl groups is 1. The molecule has 3 N–H and O–H groups in total. The van der Waals surface area contributed by atoms with E-state index in [1.54, 1.807) is 4.68 Å². The molecule has 0 saturated heterocycles. The number of aliphatic hydroxyl groups excluding tert-OH is 1. The van der Waals surface area contributed by atoms with Gasteiger partial charge in [0.2, 0.25) is 0 Å². The largest absolute Gasteiger partial charge is 0.392 e. The Morgan fingerprint density at radius 2 is 1.77 bits per heavy atom. The molecule has 2 amide bonds. The van der Waals surface area contributed by atoms with Crippen LogP contribution in [0.15, 0.2) is 72.8 Å². The van der Waals surface area contributed by atoms with Crippen molar-refractivity contribution < 1.29 is 9.90 Å². The van der Waals surface area contributed by atoms with Gasteiger partial charge in [0.05, 0.1) is 18.0 Å². The standard InChI is InChI=1S/C25H26N4O2/c1-2-3-10-21-16-24(27-25(31)26-20-11-5-4-6-12-20)29(28-21)22-14-18-9-7-8-13-23(18)19(15-22)17-30/h4-9,11-16,30H,2-3,10,17H2,1H3,(H2,26,27,31). The van der Waals surface area contributed by atoms with Gasteiger partial charge in [-0.05, 0) is 53.4 Å². The molecule has 31 heavy (non-hydrogen) atoms. The Morgan fingerprint density at radius 3 is 2.55 bits per heavy atom. The molecule has 0 saturated carbocycles. The Morgan fingerprint density at radius 1 is 1.00 bits per heavy atom. The molecule has 0 unspecified atom stereocenters. The first-order valence-corrected chi connectivity index (χ1v) is 10.5. The Kier molecular flexibility index (Phi) is 6.29. The van der Waals surface area contributed by atoms with Crippen molar-refractivity contribution in [2.24, 2.45) is 0 Å². The molecule has 1 heterocycles. The minimum Gasteiger partial charge on any atom is -0.392 e. The zero-order valence-electron chi connectivity index (χ0n) is 17.5. The van der Waals surface area contributed by atoms with Crippen molar-refractivity contribution in [1.82, 2.24) is 9.78 Å². The molecule has 6 heteroatoms. The molecule has 158 valence electrons. The second-order valence-electron chi connectivity index (χ2n) is 7.47. The molecule has 0 bridgehead atoms. The number of para-hydroxylation sites is 1. The predicted molar refractivity (Wildman–Crippen MR) is 125 cm³/mol. The van der Waals surface area contributed by atoms with E-state index in [2.05, 4.69) is 17.6 Å². The molecule has 3 aromatic carbocycles. The SMILES string of the molecule is CCCCc1cc(NC(=O)Nc2ccccc2)n(-c2cc(CO)c3ccccc3c2)n1. The Labute approximate surface area is 181 Å². The lowest BCUT2D eigenvalue weighted by molar-refractivity contribution is 0.262. The van der Waals surface area contributed by atoms with Gasteiger partial charge in [0.15, 0.2) is 0 Å². The third kappa shape index (κ3) is 4.75. The van der Waals surface area contributed by atoms with Crippen molar-refractivity contribution in [2.75, 3.05) is 10.6 Å². The molecule has 1 aromatic heterocycles. The first-order valence-electron chi connectivity index (χ1n) is 10.5. The highest BCUT2D eigenvalue weighted by atomic mass is 16.3. The normalized spacial score (nSPS) is 10.9. The fraction of sp³-hybridized carbons (Fsp3) is 0.200. The van der Waals surface area contributed by atoms with Crippen LogP contribution in [0.3, 0.4) is 0 Å². The number of amides is 2. The van der Waals surface area contributed by atoms with Crippen LogP contribution in [0, 0.1) is 0 Å². The number of carbonyl (C=O) groups excluding carboxylic acids is 1. The number of hydrogen-bond acceptors (Lipinski definition) is 3. The summed E-state index contributed by atoms with van der Waals surface area (Å²) in [7, 11) is 0. The highest BCUT2D eigenvalue weighted by Gasteiger charge is 2.14. The third-order valence-electron chi connectivity index (χ3n) is 5.17. The number of aromatic nitrogens is 2. The van der Waals surface area contributed by atoms with E-state index < -0.39 is 0 Å². The lowest BCUT2D eigenvalue weighted by Crippen LogP contribution is -2.21. The Balaban J connectivity index is 1.70. The topological polar surface area (TPSA) is 79.2 Å². The van der Waals surface area contributed by atoms with Crippen LogP contribution in [0.2, 0.25) is 0 Å². The summed E-state index contributed by atoms with van der Waals surface area (Å²) < 4.78 is 1.74. The van der Waals surface area contributed by atoms with E-state index in [9.17, 15) is 9.90 Å². The monoisotopic (exact) mass is 414 g/mol. The summed E-state index contributed by atoms with van der Waals surface area (Å²) in [6.07, 6.45) is 2.92. The Bertz CT molecular complexity index is 1180. The van der Waals surface area contributed by atoms with Gasteiger partial charge in [-0.15, -0.1) is 0 Å². The molecular formula is C25H26N4O2. The molecule has 0 atom stereocenters. The number of unbranched alkanes of at least 4 members (excludes halogenated alkanes) is 1. The molecule has 4 aromatic rings. The smallest absolute Gasteiger partial charge is 0.324 e. The van der Waals surface area contributed by atoms with E-state index in [1.807, 2.05) is 72.8 Å². The fourth-order valence-corrected chi connectivity index (χ4v) is 3.62. The number of aryl methyl sites for hydroxylation is 1. The number of carbonyl (C=O) groups is 1. The van der Waals surface area contributed by atoms with Crippen molar-refractivity contribution in [3.63, 3.8) is 0 Å². The van der Waals surface area contributed by atoms with Crippen molar-refractivity contribution >= 4 is 28.3 Å². The molecule has 0 fully saturated rings. The quantitative estimate of drug-likeness (QED) is 0.373. The van der Waals surface area contributed by atoms with Crippen LogP contribution >= 0.6 is 0 Å². The lowest BCUT2D eigenvalue weighted by Gasteiger charge is -2.13. The molecule has 0 radical (unpaired) electrons. The van der Waals surface area contributed by atoms with Gasteiger partial charge in [-0.25, -0.2) is 9.48 Å². The van der Waals surface area contributed by atoms with E-state index >= 15 is 0 Å². The second kappa shape index (κ2) is 9.45. The molecule has 0 aliphatic heterocycles. The van der Waals surface area contributed by atoms with Crippen molar-refractivity contribution in [3.05, 3.63) is 84.1 Å². The maximum absolute atomic E-state index is 12.6.